The van der Waals surface area contributed by atoms with Gasteiger partial charge in [0.25, 0.3) is 0 Å². The summed E-state index contributed by atoms with van der Waals surface area (Å²) in [7, 11) is 1.80. The molecule has 0 aliphatic carbocycles. The maximum atomic E-state index is 13.7. The zero-order valence-corrected chi connectivity index (χ0v) is 11.6. The predicted molar refractivity (Wildman–Crippen MR) is 76.9 cm³/mol. The molecule has 5 heteroatoms. The van der Waals surface area contributed by atoms with Gasteiger partial charge in [0.2, 0.25) is 0 Å². The smallest absolute Gasteiger partial charge is 0.335 e. The number of nitrogens with zero attached hydrogens (tertiary/aromatic N) is 1. The number of carboxylic acid groups (broad SMARTS) is 1. The van der Waals surface area contributed by atoms with Gasteiger partial charge in [0.15, 0.2) is 0 Å². The summed E-state index contributed by atoms with van der Waals surface area (Å²) in [6.07, 6.45) is 0. The van der Waals surface area contributed by atoms with E-state index in [0.29, 0.717) is 17.1 Å². The second kappa shape index (κ2) is 5.92. The van der Waals surface area contributed by atoms with Gasteiger partial charge in [0, 0.05) is 29.9 Å². The van der Waals surface area contributed by atoms with E-state index in [4.69, 9.17) is 16.7 Å². The third-order valence-electron chi connectivity index (χ3n) is 2.97. The van der Waals surface area contributed by atoms with Crippen molar-refractivity contribution in [3.8, 4) is 0 Å². The number of rotatable bonds is 4. The number of carbonyl (C=O) groups is 1. The molecule has 2 aromatic carbocycles. The summed E-state index contributed by atoms with van der Waals surface area (Å²) >= 11 is 5.85. The fourth-order valence-corrected chi connectivity index (χ4v) is 2.06. The van der Waals surface area contributed by atoms with Gasteiger partial charge in [0.1, 0.15) is 5.82 Å². The molecule has 0 spiro atoms. The first-order valence-electron chi connectivity index (χ1n) is 5.96. The van der Waals surface area contributed by atoms with Gasteiger partial charge in [-0.3, -0.25) is 0 Å². The van der Waals surface area contributed by atoms with Crippen molar-refractivity contribution in [1.82, 2.24) is 0 Å². The lowest BCUT2D eigenvalue weighted by Crippen LogP contribution is -2.17. The molecule has 0 saturated heterocycles. The van der Waals surface area contributed by atoms with Crippen LogP contribution in [0, 0.1) is 5.82 Å². The minimum absolute atomic E-state index is 0.219. The van der Waals surface area contributed by atoms with Crippen LogP contribution in [0.1, 0.15) is 15.9 Å². The highest BCUT2D eigenvalue weighted by Gasteiger charge is 2.08. The molecule has 0 fully saturated rings. The molecule has 1 N–H and O–H groups in total. The number of carboxylic acids is 1. The molecule has 104 valence electrons. The Kier molecular flexibility index (Phi) is 4.25. The van der Waals surface area contributed by atoms with Gasteiger partial charge in [-0.05, 0) is 42.5 Å². The summed E-state index contributed by atoms with van der Waals surface area (Å²) in [5, 5.41) is 9.32. The first-order chi connectivity index (χ1) is 9.47. The third kappa shape index (κ3) is 3.27. The lowest BCUT2D eigenvalue weighted by molar-refractivity contribution is 0.0697. The summed E-state index contributed by atoms with van der Waals surface area (Å²) in [5.41, 5.74) is 1.51. The number of benzene rings is 2. The molecule has 0 unspecified atom stereocenters. The first-order valence-corrected chi connectivity index (χ1v) is 6.33. The largest absolute Gasteiger partial charge is 0.478 e. The van der Waals surface area contributed by atoms with Gasteiger partial charge >= 0.3 is 5.97 Å². The average molecular weight is 294 g/mol. The highest BCUT2D eigenvalue weighted by molar-refractivity contribution is 6.30. The average Bonchev–Trinajstić information content (AvgIpc) is 2.43. The van der Waals surface area contributed by atoms with E-state index in [1.807, 2.05) is 4.90 Å². The van der Waals surface area contributed by atoms with Crippen LogP contribution in [0.3, 0.4) is 0 Å². The molecule has 0 aromatic heterocycles. The SMILES string of the molecule is CN(Cc1cc(Cl)ccc1F)c1ccc(C(=O)O)cc1. The molecule has 3 nitrogen and oxygen atoms in total. The zero-order chi connectivity index (χ0) is 14.7. The third-order valence-corrected chi connectivity index (χ3v) is 3.21. The Morgan fingerprint density at radius 1 is 1.25 bits per heavy atom. The Balaban J connectivity index is 2.17. The number of hydrogen-bond acceptors (Lipinski definition) is 2. The topological polar surface area (TPSA) is 40.5 Å². The molecule has 0 amide bonds. The van der Waals surface area contributed by atoms with Crippen molar-refractivity contribution in [1.29, 1.82) is 0 Å². The van der Waals surface area contributed by atoms with Crippen LogP contribution in [-0.2, 0) is 6.54 Å². The van der Waals surface area contributed by atoms with E-state index in [1.165, 1.54) is 24.3 Å². The van der Waals surface area contributed by atoms with Gasteiger partial charge in [0.05, 0.1) is 5.56 Å². The van der Waals surface area contributed by atoms with Crippen molar-refractivity contribution < 1.29 is 14.3 Å². The van der Waals surface area contributed by atoms with Crippen LogP contribution in [0.5, 0.6) is 0 Å². The van der Waals surface area contributed by atoms with Crippen LogP contribution in [0.2, 0.25) is 5.02 Å². The van der Waals surface area contributed by atoms with Crippen molar-refractivity contribution in [2.75, 3.05) is 11.9 Å². The number of aromatic carboxylic acids is 1. The Bertz CT molecular complexity index is 628. The zero-order valence-electron chi connectivity index (χ0n) is 10.8. The number of anilines is 1. The Labute approximate surface area is 121 Å². The van der Waals surface area contributed by atoms with Gasteiger partial charge in [-0.25, -0.2) is 9.18 Å². The summed E-state index contributed by atoms with van der Waals surface area (Å²) in [4.78, 5) is 12.6. The molecule has 0 saturated carbocycles. The van der Waals surface area contributed by atoms with E-state index in [1.54, 1.807) is 25.2 Å². The molecule has 0 aliphatic rings. The molecular formula is C15H13ClFNO2. The molecule has 2 rings (SSSR count). The van der Waals surface area contributed by atoms with E-state index in [-0.39, 0.29) is 11.4 Å². The molecular weight excluding hydrogens is 281 g/mol. The van der Waals surface area contributed by atoms with E-state index in [0.717, 1.165) is 5.69 Å². The fraction of sp³-hybridized carbons (Fsp3) is 0.133. The minimum Gasteiger partial charge on any atom is -0.478 e. The van der Waals surface area contributed by atoms with Crippen LogP contribution in [-0.4, -0.2) is 18.1 Å². The van der Waals surface area contributed by atoms with E-state index < -0.39 is 5.97 Å². The molecule has 0 atom stereocenters. The summed E-state index contributed by atoms with van der Waals surface area (Å²) in [6, 6.07) is 10.8. The maximum absolute atomic E-state index is 13.7. The fourth-order valence-electron chi connectivity index (χ4n) is 1.87. The molecule has 0 heterocycles. The standard InChI is InChI=1S/C15H13ClFNO2/c1-18(9-11-8-12(16)4-7-14(11)17)13-5-2-10(3-6-13)15(19)20/h2-8H,9H2,1H3,(H,19,20). The Morgan fingerprint density at radius 2 is 1.90 bits per heavy atom. The molecule has 0 radical (unpaired) electrons. The van der Waals surface area contributed by atoms with E-state index in [2.05, 4.69) is 0 Å². The molecule has 20 heavy (non-hydrogen) atoms. The molecule has 0 bridgehead atoms. The Hall–Kier alpha value is -2.07. The summed E-state index contributed by atoms with van der Waals surface area (Å²) < 4.78 is 13.7. The number of halogens is 2. The van der Waals surface area contributed by atoms with Crippen LogP contribution in [0.15, 0.2) is 42.5 Å². The second-order valence-corrected chi connectivity index (χ2v) is 4.88. The van der Waals surface area contributed by atoms with Crippen molar-refractivity contribution in [2.24, 2.45) is 0 Å². The van der Waals surface area contributed by atoms with Gasteiger partial charge in [-0.1, -0.05) is 11.6 Å². The highest BCUT2D eigenvalue weighted by Crippen LogP contribution is 2.20. The van der Waals surface area contributed by atoms with Gasteiger partial charge < -0.3 is 10.0 Å². The van der Waals surface area contributed by atoms with E-state index in [9.17, 15) is 9.18 Å². The van der Waals surface area contributed by atoms with Crippen molar-refractivity contribution in [2.45, 2.75) is 6.54 Å². The maximum Gasteiger partial charge on any atom is 0.335 e. The number of hydrogen-bond donors (Lipinski definition) is 1. The van der Waals surface area contributed by atoms with Crippen molar-refractivity contribution >= 4 is 23.3 Å². The first kappa shape index (κ1) is 14.3. The van der Waals surface area contributed by atoms with Gasteiger partial charge in [-0.2, -0.15) is 0 Å². The van der Waals surface area contributed by atoms with Crippen LogP contribution in [0.4, 0.5) is 10.1 Å². The van der Waals surface area contributed by atoms with Crippen molar-refractivity contribution in [3.05, 3.63) is 64.4 Å². The lowest BCUT2D eigenvalue weighted by Gasteiger charge is -2.20. The second-order valence-electron chi connectivity index (χ2n) is 4.44. The Morgan fingerprint density at radius 3 is 2.50 bits per heavy atom. The van der Waals surface area contributed by atoms with E-state index >= 15 is 0 Å². The summed E-state index contributed by atoms with van der Waals surface area (Å²) in [6.45, 7) is 0.346. The molecule has 0 aliphatic heterocycles. The minimum atomic E-state index is -0.972. The normalized spacial score (nSPS) is 10.3. The lowest BCUT2D eigenvalue weighted by atomic mass is 10.1. The predicted octanol–water partition coefficient (Wildman–Crippen LogP) is 3.81. The monoisotopic (exact) mass is 293 g/mol. The van der Waals surface area contributed by atoms with Crippen LogP contribution < -0.4 is 4.90 Å². The quantitative estimate of drug-likeness (QED) is 0.932. The van der Waals surface area contributed by atoms with Gasteiger partial charge in [-0.15, -0.1) is 0 Å². The van der Waals surface area contributed by atoms with Crippen LogP contribution >= 0.6 is 11.6 Å². The highest BCUT2D eigenvalue weighted by atomic mass is 35.5. The summed E-state index contributed by atoms with van der Waals surface area (Å²) in [5.74, 6) is -1.29. The van der Waals surface area contributed by atoms with Crippen molar-refractivity contribution in [3.63, 3.8) is 0 Å². The molecule has 2 aromatic rings. The van der Waals surface area contributed by atoms with Crippen LogP contribution in [0.25, 0.3) is 0 Å².